The van der Waals surface area contributed by atoms with E-state index in [-0.39, 0.29) is 12.2 Å². The molecule has 0 saturated carbocycles. The predicted molar refractivity (Wildman–Crippen MR) is 69.5 cm³/mol. The molecule has 1 aliphatic rings. The van der Waals surface area contributed by atoms with Gasteiger partial charge < -0.3 is 14.6 Å². The SMILES string of the molecule is CC1(C)Oc2cc(O)c(CC=O)cc2C=C1Br. The summed E-state index contributed by atoms with van der Waals surface area (Å²) in [6, 6.07) is 3.33. The van der Waals surface area contributed by atoms with Gasteiger partial charge in [-0.25, -0.2) is 0 Å². The Labute approximate surface area is 108 Å². The molecule has 0 spiro atoms. The highest BCUT2D eigenvalue weighted by molar-refractivity contribution is 9.11. The van der Waals surface area contributed by atoms with Crippen LogP contribution in [0.15, 0.2) is 16.6 Å². The second-order valence-corrected chi connectivity index (χ2v) is 5.35. The number of rotatable bonds is 2. The maximum Gasteiger partial charge on any atom is 0.135 e. The smallest absolute Gasteiger partial charge is 0.135 e. The molecule has 0 unspecified atom stereocenters. The molecular formula is C13H13BrO3. The summed E-state index contributed by atoms with van der Waals surface area (Å²) in [4.78, 5) is 10.5. The van der Waals surface area contributed by atoms with Crippen molar-refractivity contribution >= 4 is 28.3 Å². The number of hydrogen-bond donors (Lipinski definition) is 1. The summed E-state index contributed by atoms with van der Waals surface area (Å²) in [6.45, 7) is 3.87. The van der Waals surface area contributed by atoms with Gasteiger partial charge in [0.25, 0.3) is 0 Å². The molecule has 17 heavy (non-hydrogen) atoms. The van der Waals surface area contributed by atoms with Gasteiger partial charge >= 0.3 is 0 Å². The van der Waals surface area contributed by atoms with Crippen molar-refractivity contribution in [3.05, 3.63) is 27.7 Å². The third kappa shape index (κ3) is 2.22. The van der Waals surface area contributed by atoms with Gasteiger partial charge in [0.05, 0.1) is 0 Å². The first-order valence-corrected chi connectivity index (χ1v) is 6.09. The first-order valence-electron chi connectivity index (χ1n) is 5.30. The highest BCUT2D eigenvalue weighted by Gasteiger charge is 2.29. The average molecular weight is 297 g/mol. The number of ether oxygens (including phenoxy) is 1. The third-order valence-electron chi connectivity index (χ3n) is 2.74. The normalized spacial score (nSPS) is 16.8. The summed E-state index contributed by atoms with van der Waals surface area (Å²) in [5.41, 5.74) is 1.04. The van der Waals surface area contributed by atoms with Crippen molar-refractivity contribution in [2.24, 2.45) is 0 Å². The Morgan fingerprint density at radius 3 is 2.82 bits per heavy atom. The molecule has 0 saturated heterocycles. The number of carbonyl (C=O) groups is 1. The lowest BCUT2D eigenvalue weighted by Crippen LogP contribution is -2.30. The number of halogens is 1. The van der Waals surface area contributed by atoms with Crippen LogP contribution >= 0.6 is 15.9 Å². The minimum absolute atomic E-state index is 0.0954. The molecule has 0 amide bonds. The highest BCUT2D eigenvalue weighted by atomic mass is 79.9. The summed E-state index contributed by atoms with van der Waals surface area (Å²) in [6.07, 6.45) is 2.92. The van der Waals surface area contributed by atoms with Crippen LogP contribution in [-0.2, 0) is 11.2 Å². The van der Waals surface area contributed by atoms with E-state index in [1.165, 1.54) is 0 Å². The van der Waals surface area contributed by atoms with Crippen LogP contribution in [0.5, 0.6) is 11.5 Å². The summed E-state index contributed by atoms with van der Waals surface area (Å²) in [5, 5.41) is 9.76. The fourth-order valence-corrected chi connectivity index (χ4v) is 2.05. The number of benzene rings is 1. The Kier molecular flexibility index (Phi) is 3.00. The van der Waals surface area contributed by atoms with Crippen LogP contribution in [-0.4, -0.2) is 17.0 Å². The molecule has 3 nitrogen and oxygen atoms in total. The molecule has 1 aromatic rings. The van der Waals surface area contributed by atoms with E-state index in [9.17, 15) is 9.90 Å². The molecule has 2 rings (SSSR count). The molecule has 0 aromatic heterocycles. The van der Waals surface area contributed by atoms with E-state index < -0.39 is 5.60 Å². The lowest BCUT2D eigenvalue weighted by atomic mass is 9.99. The molecule has 0 radical (unpaired) electrons. The van der Waals surface area contributed by atoms with Gasteiger partial charge in [0.1, 0.15) is 23.4 Å². The van der Waals surface area contributed by atoms with Crippen molar-refractivity contribution in [3.63, 3.8) is 0 Å². The van der Waals surface area contributed by atoms with E-state index in [0.717, 1.165) is 16.3 Å². The Bertz CT molecular complexity index is 504. The summed E-state index contributed by atoms with van der Waals surface area (Å²) in [5.74, 6) is 0.725. The van der Waals surface area contributed by atoms with Crippen molar-refractivity contribution in [2.45, 2.75) is 25.9 Å². The third-order valence-corrected chi connectivity index (χ3v) is 3.92. The zero-order chi connectivity index (χ0) is 12.6. The zero-order valence-corrected chi connectivity index (χ0v) is 11.2. The van der Waals surface area contributed by atoms with Crippen molar-refractivity contribution in [1.82, 2.24) is 0 Å². The lowest BCUT2D eigenvalue weighted by Gasteiger charge is -2.31. The Balaban J connectivity index is 2.51. The van der Waals surface area contributed by atoms with Gasteiger partial charge in [0.15, 0.2) is 0 Å². The molecule has 0 aliphatic carbocycles. The minimum atomic E-state index is -0.439. The number of phenolic OH excluding ortho intramolecular Hbond substituents is 1. The highest BCUT2D eigenvalue weighted by Crippen LogP contribution is 2.40. The molecule has 1 N–H and O–H groups in total. The van der Waals surface area contributed by atoms with Crippen molar-refractivity contribution in [2.75, 3.05) is 0 Å². The molecule has 0 atom stereocenters. The summed E-state index contributed by atoms with van der Waals surface area (Å²) in [7, 11) is 0. The van der Waals surface area contributed by atoms with Crippen LogP contribution in [0.3, 0.4) is 0 Å². The second kappa shape index (κ2) is 4.18. The van der Waals surface area contributed by atoms with E-state index in [0.29, 0.717) is 11.3 Å². The van der Waals surface area contributed by atoms with Crippen LogP contribution < -0.4 is 4.74 Å². The Morgan fingerprint density at radius 2 is 2.18 bits per heavy atom. The van der Waals surface area contributed by atoms with E-state index >= 15 is 0 Å². The Morgan fingerprint density at radius 1 is 1.47 bits per heavy atom. The lowest BCUT2D eigenvalue weighted by molar-refractivity contribution is -0.107. The van der Waals surface area contributed by atoms with Crippen LogP contribution in [0.4, 0.5) is 0 Å². The molecule has 4 heteroatoms. The minimum Gasteiger partial charge on any atom is -0.508 e. The monoisotopic (exact) mass is 296 g/mol. The standard InChI is InChI=1S/C13H13BrO3/c1-13(2)12(14)6-9-5-8(3-4-15)10(16)7-11(9)17-13/h4-7,16H,3H2,1-2H3. The van der Waals surface area contributed by atoms with Crippen molar-refractivity contribution in [3.8, 4) is 11.5 Å². The molecule has 1 heterocycles. The molecule has 0 bridgehead atoms. The number of aromatic hydroxyl groups is 1. The summed E-state index contributed by atoms with van der Waals surface area (Å²) >= 11 is 3.47. The first kappa shape index (κ1) is 12.2. The average Bonchev–Trinajstić information content (AvgIpc) is 2.22. The zero-order valence-electron chi connectivity index (χ0n) is 9.66. The van der Waals surface area contributed by atoms with Gasteiger partial charge in [0.2, 0.25) is 0 Å². The molecule has 1 aromatic carbocycles. The van der Waals surface area contributed by atoms with Crippen LogP contribution in [0, 0.1) is 0 Å². The Hall–Kier alpha value is -1.29. The van der Waals surface area contributed by atoms with Gasteiger partial charge in [-0.15, -0.1) is 0 Å². The molecule has 90 valence electrons. The van der Waals surface area contributed by atoms with Crippen LogP contribution in [0.1, 0.15) is 25.0 Å². The number of fused-ring (bicyclic) bond motifs is 1. The predicted octanol–water partition coefficient (Wildman–Crippen LogP) is 3.04. The maximum atomic E-state index is 10.5. The van der Waals surface area contributed by atoms with Gasteiger partial charge in [0, 0.05) is 28.1 Å². The number of hydrogen-bond acceptors (Lipinski definition) is 3. The topological polar surface area (TPSA) is 46.5 Å². The maximum absolute atomic E-state index is 10.5. The van der Waals surface area contributed by atoms with Gasteiger partial charge in [-0.1, -0.05) is 15.9 Å². The van der Waals surface area contributed by atoms with Crippen LogP contribution in [0.25, 0.3) is 6.08 Å². The molecular weight excluding hydrogens is 284 g/mol. The second-order valence-electron chi connectivity index (χ2n) is 4.49. The quantitative estimate of drug-likeness (QED) is 0.853. The molecule has 0 fully saturated rings. The number of phenols is 1. The van der Waals surface area contributed by atoms with Gasteiger partial charge in [-0.3, -0.25) is 0 Å². The largest absolute Gasteiger partial charge is 0.508 e. The van der Waals surface area contributed by atoms with Crippen molar-refractivity contribution in [1.29, 1.82) is 0 Å². The number of carbonyl (C=O) groups excluding carboxylic acids is 1. The van der Waals surface area contributed by atoms with Gasteiger partial charge in [-0.2, -0.15) is 0 Å². The first-order chi connectivity index (χ1) is 7.94. The van der Waals surface area contributed by atoms with Gasteiger partial charge in [-0.05, 0) is 26.0 Å². The van der Waals surface area contributed by atoms with E-state index in [4.69, 9.17) is 4.74 Å². The fourth-order valence-electron chi connectivity index (χ4n) is 1.72. The molecule has 1 aliphatic heterocycles. The summed E-state index contributed by atoms with van der Waals surface area (Å²) < 4.78 is 6.71. The van der Waals surface area contributed by atoms with E-state index in [2.05, 4.69) is 15.9 Å². The van der Waals surface area contributed by atoms with E-state index in [1.807, 2.05) is 19.9 Å². The van der Waals surface area contributed by atoms with Crippen LogP contribution in [0.2, 0.25) is 0 Å². The number of aldehydes is 1. The van der Waals surface area contributed by atoms with E-state index in [1.54, 1.807) is 12.1 Å². The van der Waals surface area contributed by atoms with Crippen molar-refractivity contribution < 1.29 is 14.6 Å². The fraction of sp³-hybridized carbons (Fsp3) is 0.308.